The molecule has 0 atom stereocenters. The van der Waals surface area contributed by atoms with Gasteiger partial charge in [-0.15, -0.1) is 0 Å². The van der Waals surface area contributed by atoms with Gasteiger partial charge in [-0.3, -0.25) is 0 Å². The van der Waals surface area contributed by atoms with Crippen molar-refractivity contribution in [3.8, 4) is 0 Å². The number of benzene rings is 2. The summed E-state index contributed by atoms with van der Waals surface area (Å²) in [5.74, 6) is 4.12. The van der Waals surface area contributed by atoms with Gasteiger partial charge in [-0.05, 0) is 80.3 Å². The molecule has 2 nitrogen and oxygen atoms in total. The number of hydrogen-bond acceptors (Lipinski definition) is 0. The van der Waals surface area contributed by atoms with Crippen LogP contribution in [0.4, 0.5) is 0 Å². The van der Waals surface area contributed by atoms with Crippen LogP contribution in [-0.2, 0) is 27.3 Å². The van der Waals surface area contributed by atoms with Crippen LogP contribution in [0.15, 0.2) is 59.7 Å². The van der Waals surface area contributed by atoms with E-state index in [1.807, 2.05) is 0 Å². The minimum absolute atomic E-state index is 0.923. The Hall–Kier alpha value is -1.99. The van der Waals surface area contributed by atoms with Crippen molar-refractivity contribution in [2.45, 2.75) is 129 Å². The predicted octanol–water partition coefficient (Wildman–Crippen LogP) is 11.9. The topological polar surface area (TPSA) is 25.3 Å². The fourth-order valence-electron chi connectivity index (χ4n) is 5.51. The molecule has 1 aliphatic rings. The zero-order chi connectivity index (χ0) is 28.5. The van der Waals surface area contributed by atoms with Crippen molar-refractivity contribution in [1.29, 1.82) is 0 Å². The van der Waals surface area contributed by atoms with Crippen LogP contribution in [0.1, 0.15) is 127 Å². The molecule has 0 saturated carbocycles. The van der Waals surface area contributed by atoms with E-state index in [0.717, 1.165) is 61.0 Å². The summed E-state index contributed by atoms with van der Waals surface area (Å²) in [6.45, 7) is 9.01. The molecule has 39 heavy (non-hydrogen) atoms. The second kappa shape index (κ2) is 19.2. The molecule has 0 N–H and O–H groups in total. The normalized spacial score (nSPS) is 13.3. The number of allylic oxidation sites excluding steroid dienone is 2. The fraction of sp³-hybridized carbons (Fsp3) is 0.556. The Morgan fingerprint density at radius 3 is 1.49 bits per heavy atom. The van der Waals surface area contributed by atoms with E-state index in [1.165, 1.54) is 78.3 Å². The molecule has 3 heteroatoms. The van der Waals surface area contributed by atoms with Gasteiger partial charge in [0.15, 0.2) is 0 Å². The summed E-state index contributed by atoms with van der Waals surface area (Å²) < 4.78 is 1.52. The number of nitrogens with zero attached hydrogens (tertiary/aromatic N) is 2. The molecular formula is C36H54N2Ni. The number of hydrogen-bond donors (Lipinski definition) is 0. The molecule has 218 valence electrons. The molecule has 1 heterocycles. The van der Waals surface area contributed by atoms with Crippen molar-refractivity contribution in [3.05, 3.63) is 87.5 Å². The molecule has 0 aliphatic carbocycles. The molecule has 0 amide bonds. The third-order valence-electron chi connectivity index (χ3n) is 7.53. The van der Waals surface area contributed by atoms with E-state index in [2.05, 4.69) is 88.0 Å². The molecule has 3 rings (SSSR count). The Morgan fingerprint density at radius 2 is 1.05 bits per heavy atom. The first-order chi connectivity index (χ1) is 19.1. The second-order valence-electron chi connectivity index (χ2n) is 10.8. The van der Waals surface area contributed by atoms with E-state index in [0.29, 0.717) is 0 Å². The molecule has 0 radical (unpaired) electrons. The zero-order valence-corrected chi connectivity index (χ0v) is 26.7. The van der Waals surface area contributed by atoms with Crippen LogP contribution in [0.2, 0.25) is 11.8 Å². The van der Waals surface area contributed by atoms with Crippen molar-refractivity contribution in [3.63, 3.8) is 0 Å². The van der Waals surface area contributed by atoms with Crippen LogP contribution >= 0.6 is 0 Å². The summed E-state index contributed by atoms with van der Waals surface area (Å²) in [6, 6.07) is 17.8. The van der Waals surface area contributed by atoms with Crippen LogP contribution < -0.4 is 0 Å². The van der Waals surface area contributed by atoms with Crippen molar-refractivity contribution in [2.75, 3.05) is 0 Å². The molecular weight excluding hydrogens is 519 g/mol. The second-order valence-corrected chi connectivity index (χ2v) is 11.7. The minimum atomic E-state index is 0.923. The Labute approximate surface area is 246 Å². The molecule has 0 saturated heterocycles. The Balaban J connectivity index is 0.00000170. The predicted molar refractivity (Wildman–Crippen MR) is 168 cm³/mol. The van der Waals surface area contributed by atoms with Gasteiger partial charge in [-0.25, -0.2) is 4.70 Å². The average molecular weight is 574 g/mol. The fourth-order valence-corrected chi connectivity index (χ4v) is 5.51. The SMILES string of the molecule is CCCCCCc1cccc(C2=C(CC)C(CCCC)=C(c3cccc(CCCCCC)c3)[N+]2=[N-])c1.[CH3][Ni][CH3]. The van der Waals surface area contributed by atoms with Gasteiger partial charge < -0.3 is 5.53 Å². The molecule has 1 aliphatic heterocycles. The van der Waals surface area contributed by atoms with Gasteiger partial charge in [0.25, 0.3) is 0 Å². The summed E-state index contributed by atoms with van der Waals surface area (Å²) >= 11 is 1.62. The van der Waals surface area contributed by atoms with Crippen LogP contribution in [0.25, 0.3) is 16.9 Å². The van der Waals surface area contributed by atoms with E-state index >= 15 is 0 Å². The first kappa shape index (κ1) is 33.2. The maximum atomic E-state index is 11.7. The number of unbranched alkanes of at least 4 members (excludes halogenated alkanes) is 7. The van der Waals surface area contributed by atoms with E-state index in [9.17, 15) is 5.53 Å². The first-order valence-corrected chi connectivity index (χ1v) is 17.4. The molecule has 2 aromatic carbocycles. The van der Waals surface area contributed by atoms with Gasteiger partial charge in [-0.1, -0.05) is 96.9 Å². The van der Waals surface area contributed by atoms with E-state index in [4.69, 9.17) is 0 Å². The first-order valence-electron chi connectivity index (χ1n) is 15.4. The summed E-state index contributed by atoms with van der Waals surface area (Å²) in [5.41, 5.74) is 21.4. The molecule has 0 fully saturated rings. The van der Waals surface area contributed by atoms with Gasteiger partial charge in [0.05, 0.1) is 0 Å². The summed E-state index contributed by atoms with van der Waals surface area (Å²) in [5, 5.41) is 0. The summed E-state index contributed by atoms with van der Waals surface area (Å²) in [7, 11) is 0. The van der Waals surface area contributed by atoms with Gasteiger partial charge in [0, 0.05) is 22.3 Å². The average Bonchev–Trinajstić information content (AvgIpc) is 3.24. The van der Waals surface area contributed by atoms with Crippen molar-refractivity contribution >= 4 is 11.4 Å². The van der Waals surface area contributed by atoms with Crippen molar-refractivity contribution in [1.82, 2.24) is 0 Å². The maximum absolute atomic E-state index is 11.7. The number of aryl methyl sites for hydroxylation is 2. The molecule has 0 unspecified atom stereocenters. The van der Waals surface area contributed by atoms with Gasteiger partial charge in [0.2, 0.25) is 11.4 Å². The third-order valence-corrected chi connectivity index (χ3v) is 7.53. The van der Waals surface area contributed by atoms with Crippen LogP contribution in [0, 0.1) is 0 Å². The Bertz CT molecular complexity index is 1080. The number of rotatable bonds is 16. The van der Waals surface area contributed by atoms with Gasteiger partial charge in [0.1, 0.15) is 0 Å². The molecule has 0 bridgehead atoms. The van der Waals surface area contributed by atoms with Crippen LogP contribution in [-0.4, -0.2) is 4.70 Å². The van der Waals surface area contributed by atoms with E-state index in [1.54, 1.807) is 14.4 Å². The zero-order valence-electron chi connectivity index (χ0n) is 25.7. The van der Waals surface area contributed by atoms with E-state index < -0.39 is 0 Å². The summed E-state index contributed by atoms with van der Waals surface area (Å²) in [4.78, 5) is 0. The molecule has 2 aromatic rings. The van der Waals surface area contributed by atoms with Crippen molar-refractivity contribution in [2.24, 2.45) is 0 Å². The van der Waals surface area contributed by atoms with Crippen LogP contribution in [0.3, 0.4) is 0 Å². The molecule has 0 spiro atoms. The van der Waals surface area contributed by atoms with Crippen LogP contribution in [0.5, 0.6) is 0 Å². The quantitative estimate of drug-likeness (QED) is 0.108. The van der Waals surface area contributed by atoms with Crippen molar-refractivity contribution < 1.29 is 19.1 Å². The third kappa shape index (κ3) is 10.2. The van der Waals surface area contributed by atoms with Gasteiger partial charge >= 0.3 is 26.2 Å². The van der Waals surface area contributed by atoms with Gasteiger partial charge in [-0.2, -0.15) is 0 Å². The van der Waals surface area contributed by atoms with E-state index in [-0.39, 0.29) is 0 Å². The Kier molecular flexibility index (Phi) is 16.3. The summed E-state index contributed by atoms with van der Waals surface area (Å²) in [6.07, 6.45) is 16.6. The molecule has 0 aromatic heterocycles. The Morgan fingerprint density at radius 1 is 0.590 bits per heavy atom. The standard InChI is InChI=1S/C34H48N2.2CH3.Ni/c1-5-9-12-14-18-27-20-16-22-29(25-27)33-31(8-4)32(24-11-7-3)34(36(33)35)30-23-17-21-28(26-30)19-15-13-10-6-2;;;/h16-17,20-23,25-26H,5-15,18-19,24H2,1-4H3;2*1H3;. The monoisotopic (exact) mass is 572 g/mol.